The first-order chi connectivity index (χ1) is 27.8. The second kappa shape index (κ2) is 13.2. The van der Waals surface area contributed by atoms with Gasteiger partial charge in [0, 0.05) is 33.2 Å². The Hall–Kier alpha value is -7.42. The number of para-hydroxylation sites is 3. The highest BCUT2D eigenvalue weighted by Gasteiger charge is 2.22. The summed E-state index contributed by atoms with van der Waals surface area (Å²) in [6.45, 7) is 0. The van der Waals surface area contributed by atoms with E-state index >= 15 is 0 Å². The van der Waals surface area contributed by atoms with Crippen LogP contribution in [0.15, 0.2) is 217 Å². The fourth-order valence-electron chi connectivity index (χ4n) is 8.53. The number of hydrogen-bond acceptors (Lipinski definition) is 2. The molecule has 0 amide bonds. The second-order valence-corrected chi connectivity index (χ2v) is 14.5. The van der Waals surface area contributed by atoms with Crippen molar-refractivity contribution in [3.63, 3.8) is 0 Å². The van der Waals surface area contributed by atoms with Crippen molar-refractivity contribution in [2.75, 3.05) is 4.90 Å². The predicted molar refractivity (Wildman–Crippen MR) is 237 cm³/mol. The molecule has 56 heavy (non-hydrogen) atoms. The maximum absolute atomic E-state index is 6.79. The number of benzene rings is 10. The highest BCUT2D eigenvalue weighted by Crippen LogP contribution is 2.47. The third kappa shape index (κ3) is 5.34. The van der Waals surface area contributed by atoms with Crippen LogP contribution < -0.4 is 4.90 Å². The maximum Gasteiger partial charge on any atom is 0.143 e. The normalized spacial score (nSPS) is 11.6. The molecular formula is C54H35NO. The SMILES string of the molecule is c1ccc(-c2ccccc2N(c2ccc(-c3ccc4c(ccc5ccccc54)c3)cc2)c2ccccc2-c2cccc3c2oc2cc4ccccc4cc23)cc1. The molecule has 1 aromatic heterocycles. The molecule has 0 radical (unpaired) electrons. The van der Waals surface area contributed by atoms with Gasteiger partial charge >= 0.3 is 0 Å². The van der Waals surface area contributed by atoms with Crippen LogP contribution in [0.5, 0.6) is 0 Å². The highest BCUT2D eigenvalue weighted by atomic mass is 16.3. The molecular weight excluding hydrogens is 679 g/mol. The van der Waals surface area contributed by atoms with E-state index in [2.05, 4.69) is 217 Å². The van der Waals surface area contributed by atoms with Crippen LogP contribution in [0, 0.1) is 0 Å². The summed E-state index contributed by atoms with van der Waals surface area (Å²) in [4.78, 5) is 2.41. The summed E-state index contributed by atoms with van der Waals surface area (Å²) in [6.07, 6.45) is 0. The molecule has 0 N–H and O–H groups in total. The van der Waals surface area contributed by atoms with E-state index in [0.717, 1.165) is 61.3 Å². The Morgan fingerprint density at radius 2 is 0.893 bits per heavy atom. The van der Waals surface area contributed by atoms with Gasteiger partial charge in [0.1, 0.15) is 11.2 Å². The topological polar surface area (TPSA) is 16.4 Å². The Morgan fingerprint density at radius 3 is 1.71 bits per heavy atom. The van der Waals surface area contributed by atoms with Crippen LogP contribution in [0.25, 0.3) is 87.6 Å². The van der Waals surface area contributed by atoms with Crippen molar-refractivity contribution >= 4 is 71.3 Å². The molecule has 0 atom stereocenters. The minimum atomic E-state index is 0.890. The van der Waals surface area contributed by atoms with Gasteiger partial charge in [0.2, 0.25) is 0 Å². The van der Waals surface area contributed by atoms with Gasteiger partial charge in [-0.3, -0.25) is 0 Å². The molecule has 0 fully saturated rings. The molecule has 262 valence electrons. The quantitative estimate of drug-likeness (QED) is 0.160. The van der Waals surface area contributed by atoms with Crippen LogP contribution in [0.2, 0.25) is 0 Å². The van der Waals surface area contributed by atoms with Crippen LogP contribution in [0.4, 0.5) is 17.1 Å². The molecule has 0 saturated carbocycles. The molecule has 0 aliphatic carbocycles. The molecule has 0 aliphatic heterocycles. The number of hydrogen-bond donors (Lipinski definition) is 0. The first kappa shape index (κ1) is 32.0. The number of nitrogens with zero attached hydrogens (tertiary/aromatic N) is 1. The number of rotatable bonds is 6. The number of anilines is 3. The zero-order valence-corrected chi connectivity index (χ0v) is 30.6. The van der Waals surface area contributed by atoms with Gasteiger partial charge < -0.3 is 9.32 Å². The molecule has 0 aliphatic rings. The van der Waals surface area contributed by atoms with Crippen LogP contribution in [0.3, 0.4) is 0 Å². The van der Waals surface area contributed by atoms with Gasteiger partial charge in [-0.1, -0.05) is 170 Å². The molecule has 0 unspecified atom stereocenters. The molecule has 2 heteroatoms. The van der Waals surface area contributed by atoms with Gasteiger partial charge in [-0.2, -0.15) is 0 Å². The van der Waals surface area contributed by atoms with Crippen LogP contribution in [-0.2, 0) is 0 Å². The van der Waals surface area contributed by atoms with E-state index in [4.69, 9.17) is 4.42 Å². The Balaban J connectivity index is 1.09. The monoisotopic (exact) mass is 713 g/mol. The van der Waals surface area contributed by atoms with Crippen LogP contribution in [-0.4, -0.2) is 0 Å². The Morgan fingerprint density at radius 1 is 0.304 bits per heavy atom. The Labute approximate surface area is 325 Å². The lowest BCUT2D eigenvalue weighted by molar-refractivity contribution is 0.670. The van der Waals surface area contributed by atoms with E-state index in [9.17, 15) is 0 Å². The molecule has 2 nitrogen and oxygen atoms in total. The molecule has 0 bridgehead atoms. The second-order valence-electron chi connectivity index (χ2n) is 14.5. The van der Waals surface area contributed by atoms with Gasteiger partial charge in [-0.05, 0) is 91.5 Å². The van der Waals surface area contributed by atoms with Crippen molar-refractivity contribution < 1.29 is 4.42 Å². The minimum absolute atomic E-state index is 0.890. The van der Waals surface area contributed by atoms with Crippen molar-refractivity contribution in [1.82, 2.24) is 0 Å². The summed E-state index contributed by atoms with van der Waals surface area (Å²) < 4.78 is 6.79. The summed E-state index contributed by atoms with van der Waals surface area (Å²) in [6, 6.07) is 76.4. The minimum Gasteiger partial charge on any atom is -0.455 e. The molecule has 0 saturated heterocycles. The van der Waals surface area contributed by atoms with Gasteiger partial charge in [-0.25, -0.2) is 0 Å². The molecule has 11 rings (SSSR count). The number of furan rings is 1. The third-order valence-corrected chi connectivity index (χ3v) is 11.2. The van der Waals surface area contributed by atoms with Crippen molar-refractivity contribution in [2.45, 2.75) is 0 Å². The third-order valence-electron chi connectivity index (χ3n) is 11.2. The van der Waals surface area contributed by atoms with E-state index in [0.29, 0.717) is 0 Å². The van der Waals surface area contributed by atoms with E-state index in [1.807, 2.05) is 0 Å². The number of fused-ring (bicyclic) bond motifs is 7. The van der Waals surface area contributed by atoms with Crippen molar-refractivity contribution in [3.05, 3.63) is 212 Å². The van der Waals surface area contributed by atoms with E-state index in [-0.39, 0.29) is 0 Å². The van der Waals surface area contributed by atoms with Gasteiger partial charge in [0.15, 0.2) is 0 Å². The molecule has 10 aromatic carbocycles. The summed E-state index contributed by atoms with van der Waals surface area (Å²) in [5.41, 5.74) is 11.9. The zero-order valence-electron chi connectivity index (χ0n) is 30.6. The first-order valence-electron chi connectivity index (χ1n) is 19.2. The average molecular weight is 714 g/mol. The van der Waals surface area contributed by atoms with E-state index in [1.165, 1.54) is 43.4 Å². The van der Waals surface area contributed by atoms with Gasteiger partial charge in [0.05, 0.1) is 11.4 Å². The lowest BCUT2D eigenvalue weighted by atomic mass is 9.96. The summed E-state index contributed by atoms with van der Waals surface area (Å²) in [7, 11) is 0. The fraction of sp³-hybridized carbons (Fsp3) is 0. The first-order valence-corrected chi connectivity index (χ1v) is 19.2. The standard InChI is InChI=1S/C54H35NO/c1-2-13-37(14-3-1)46-19-8-10-23-51(46)55(43-30-27-36(28-31-43)41-29-32-45-42(33-41)26-25-38-15-6-7-18-44(38)45)52-24-11-9-20-47(52)48-21-12-22-49-50-34-39-16-4-5-17-40(39)35-53(50)56-54(48)49/h1-35H. The largest absolute Gasteiger partial charge is 0.455 e. The lowest BCUT2D eigenvalue weighted by Gasteiger charge is -2.30. The maximum atomic E-state index is 6.79. The highest BCUT2D eigenvalue weighted by molar-refractivity contribution is 6.14. The molecule has 11 aromatic rings. The van der Waals surface area contributed by atoms with Crippen LogP contribution >= 0.6 is 0 Å². The smallest absolute Gasteiger partial charge is 0.143 e. The van der Waals surface area contributed by atoms with E-state index < -0.39 is 0 Å². The summed E-state index contributed by atoms with van der Waals surface area (Å²) in [5.74, 6) is 0. The summed E-state index contributed by atoms with van der Waals surface area (Å²) >= 11 is 0. The van der Waals surface area contributed by atoms with Gasteiger partial charge in [-0.15, -0.1) is 0 Å². The Bertz CT molecular complexity index is 3250. The van der Waals surface area contributed by atoms with Gasteiger partial charge in [0.25, 0.3) is 0 Å². The lowest BCUT2D eigenvalue weighted by Crippen LogP contribution is -2.12. The van der Waals surface area contributed by atoms with Crippen molar-refractivity contribution in [1.29, 1.82) is 0 Å². The van der Waals surface area contributed by atoms with Crippen LogP contribution in [0.1, 0.15) is 0 Å². The predicted octanol–water partition coefficient (Wildman–Crippen LogP) is 15.5. The van der Waals surface area contributed by atoms with Crippen molar-refractivity contribution in [3.8, 4) is 33.4 Å². The molecule has 0 spiro atoms. The summed E-state index contributed by atoms with van der Waals surface area (Å²) in [5, 5.41) is 9.68. The fourth-order valence-corrected chi connectivity index (χ4v) is 8.53. The van der Waals surface area contributed by atoms with E-state index in [1.54, 1.807) is 0 Å². The Kier molecular flexibility index (Phi) is 7.53. The molecule has 1 heterocycles. The van der Waals surface area contributed by atoms with Crippen molar-refractivity contribution in [2.24, 2.45) is 0 Å². The zero-order chi connectivity index (χ0) is 37.0. The average Bonchev–Trinajstić information content (AvgIpc) is 3.64.